The van der Waals surface area contributed by atoms with Gasteiger partial charge in [-0.2, -0.15) is 0 Å². The van der Waals surface area contributed by atoms with Crippen LogP contribution in [0.5, 0.6) is 0 Å². The molecule has 0 heterocycles. The Morgan fingerprint density at radius 2 is 1.53 bits per heavy atom. The van der Waals surface area contributed by atoms with Gasteiger partial charge in [-0.3, -0.25) is 0 Å². The zero-order chi connectivity index (χ0) is 23.4. The Morgan fingerprint density at radius 3 is 2.22 bits per heavy atom. The maximum Gasteiger partial charge on any atom is 0.0594 e. The van der Waals surface area contributed by atoms with Crippen molar-refractivity contribution in [2.75, 3.05) is 6.61 Å². The number of aliphatic hydroxyl groups excluding tert-OH is 2. The van der Waals surface area contributed by atoms with Crippen molar-refractivity contribution in [2.45, 2.75) is 119 Å². The predicted molar refractivity (Wildman–Crippen MR) is 132 cm³/mol. The average molecular weight is 443 g/mol. The molecule has 32 heavy (non-hydrogen) atoms. The van der Waals surface area contributed by atoms with Crippen molar-refractivity contribution in [1.29, 1.82) is 0 Å². The van der Waals surface area contributed by atoms with Gasteiger partial charge < -0.3 is 10.2 Å². The first-order chi connectivity index (χ1) is 14.8. The first-order valence-electron chi connectivity index (χ1n) is 13.8. The van der Waals surface area contributed by atoms with Crippen LogP contribution in [0.2, 0.25) is 0 Å². The van der Waals surface area contributed by atoms with Gasteiger partial charge in [0.2, 0.25) is 0 Å². The molecular formula is C30H50O2. The van der Waals surface area contributed by atoms with E-state index in [1.165, 1.54) is 57.8 Å². The van der Waals surface area contributed by atoms with Crippen molar-refractivity contribution in [2.24, 2.45) is 50.2 Å². The van der Waals surface area contributed by atoms with Gasteiger partial charge in [0.05, 0.1) is 6.10 Å². The Morgan fingerprint density at radius 1 is 0.844 bits per heavy atom. The van der Waals surface area contributed by atoms with E-state index in [1.54, 1.807) is 5.57 Å². The number of hydrogen-bond donors (Lipinski definition) is 2. The van der Waals surface area contributed by atoms with Crippen molar-refractivity contribution in [1.82, 2.24) is 0 Å². The molecule has 2 N–H and O–H groups in total. The second kappa shape index (κ2) is 6.87. The maximum absolute atomic E-state index is 10.9. The molecule has 182 valence electrons. The quantitative estimate of drug-likeness (QED) is 0.424. The minimum absolute atomic E-state index is 0.0191. The van der Waals surface area contributed by atoms with E-state index in [0.29, 0.717) is 40.6 Å². The van der Waals surface area contributed by atoms with Gasteiger partial charge in [-0.1, -0.05) is 60.1 Å². The summed E-state index contributed by atoms with van der Waals surface area (Å²) < 4.78 is 0. The Bertz CT molecular complexity index is 810. The zero-order valence-electron chi connectivity index (χ0n) is 22.1. The van der Waals surface area contributed by atoms with Crippen LogP contribution < -0.4 is 0 Å². The molecule has 2 nitrogen and oxygen atoms in total. The lowest BCUT2D eigenvalue weighted by molar-refractivity contribution is -0.204. The highest BCUT2D eigenvalue weighted by molar-refractivity contribution is 5.33. The maximum atomic E-state index is 10.9. The monoisotopic (exact) mass is 442 g/mol. The van der Waals surface area contributed by atoms with Crippen LogP contribution in [0.15, 0.2) is 11.6 Å². The Balaban J connectivity index is 1.58. The minimum Gasteiger partial charge on any atom is -0.396 e. The predicted octanol–water partition coefficient (Wildman–Crippen LogP) is 7.14. The van der Waals surface area contributed by atoms with Crippen molar-refractivity contribution in [3.63, 3.8) is 0 Å². The molecule has 0 unspecified atom stereocenters. The molecule has 5 rings (SSSR count). The summed E-state index contributed by atoms with van der Waals surface area (Å²) in [5.74, 6) is 1.87. The topological polar surface area (TPSA) is 40.5 Å². The molecule has 4 fully saturated rings. The van der Waals surface area contributed by atoms with E-state index in [-0.39, 0.29) is 22.3 Å². The first-order valence-corrected chi connectivity index (χ1v) is 13.8. The van der Waals surface area contributed by atoms with Gasteiger partial charge in [0, 0.05) is 12.0 Å². The van der Waals surface area contributed by atoms with Gasteiger partial charge in [0.1, 0.15) is 0 Å². The van der Waals surface area contributed by atoms with Crippen LogP contribution in [0.4, 0.5) is 0 Å². The highest BCUT2D eigenvalue weighted by atomic mass is 16.3. The largest absolute Gasteiger partial charge is 0.396 e. The molecule has 0 aromatic carbocycles. The average Bonchev–Trinajstić information content (AvgIpc) is 2.71. The number of rotatable bonds is 1. The van der Waals surface area contributed by atoms with E-state index in [0.717, 1.165) is 6.42 Å². The number of hydrogen-bond acceptors (Lipinski definition) is 2. The highest BCUT2D eigenvalue weighted by Gasteiger charge is 2.68. The molecule has 5 aliphatic rings. The molecule has 5 aliphatic carbocycles. The summed E-state index contributed by atoms with van der Waals surface area (Å²) >= 11 is 0. The fourth-order valence-electron chi connectivity index (χ4n) is 10.6. The number of aliphatic hydroxyl groups is 2. The Hall–Kier alpha value is -0.340. The molecule has 2 heteroatoms. The summed E-state index contributed by atoms with van der Waals surface area (Å²) in [6.45, 7) is 17.8. The van der Waals surface area contributed by atoms with E-state index < -0.39 is 0 Å². The fraction of sp³-hybridized carbons (Fsp3) is 0.933. The van der Waals surface area contributed by atoms with Crippen LogP contribution in [0, 0.1) is 50.2 Å². The molecule has 4 saturated carbocycles. The lowest BCUT2D eigenvalue weighted by Gasteiger charge is -2.71. The third kappa shape index (κ3) is 2.78. The van der Waals surface area contributed by atoms with Crippen LogP contribution in [0.25, 0.3) is 0 Å². The Kier molecular flexibility index (Phi) is 5.02. The lowest BCUT2D eigenvalue weighted by atomic mass is 9.33. The van der Waals surface area contributed by atoms with Crippen molar-refractivity contribution < 1.29 is 10.2 Å². The molecule has 0 saturated heterocycles. The molecule has 0 spiro atoms. The van der Waals surface area contributed by atoms with Gasteiger partial charge in [0.15, 0.2) is 0 Å². The van der Waals surface area contributed by atoms with Crippen LogP contribution in [0.3, 0.4) is 0 Å². The molecule has 0 aromatic rings. The third-order valence-electron chi connectivity index (χ3n) is 13.1. The molecular weight excluding hydrogens is 392 g/mol. The molecule has 0 amide bonds. The molecule has 0 aromatic heterocycles. The van der Waals surface area contributed by atoms with Crippen LogP contribution in [-0.4, -0.2) is 22.9 Å². The summed E-state index contributed by atoms with van der Waals surface area (Å²) in [5, 5.41) is 21.5. The molecule has 0 radical (unpaired) electrons. The van der Waals surface area contributed by atoms with Crippen LogP contribution in [-0.2, 0) is 0 Å². The SMILES string of the molecule is CC1(C)CC[C@]2(CO)CC[C@]3(C)C(=CC[C@@H]4[C@@]5(C)CC[C@H](O)C(C)(C)[C@H]5CC[C@]43C)[C@H]2C1. The summed E-state index contributed by atoms with van der Waals surface area (Å²) in [4.78, 5) is 0. The van der Waals surface area contributed by atoms with Crippen molar-refractivity contribution in [3.8, 4) is 0 Å². The molecule has 0 bridgehead atoms. The summed E-state index contributed by atoms with van der Waals surface area (Å²) in [7, 11) is 0. The van der Waals surface area contributed by atoms with Crippen LogP contribution >= 0.6 is 0 Å². The minimum atomic E-state index is -0.153. The highest BCUT2D eigenvalue weighted by Crippen LogP contribution is 2.75. The molecule has 0 aliphatic heterocycles. The lowest BCUT2D eigenvalue weighted by Crippen LogP contribution is -2.64. The van der Waals surface area contributed by atoms with E-state index in [4.69, 9.17) is 0 Å². The number of fused-ring (bicyclic) bond motifs is 7. The van der Waals surface area contributed by atoms with E-state index >= 15 is 0 Å². The van der Waals surface area contributed by atoms with Gasteiger partial charge in [-0.25, -0.2) is 0 Å². The third-order valence-corrected chi connectivity index (χ3v) is 13.1. The summed E-state index contributed by atoms with van der Waals surface area (Å²) in [6.07, 6.45) is 14.6. The van der Waals surface area contributed by atoms with Gasteiger partial charge >= 0.3 is 0 Å². The smallest absolute Gasteiger partial charge is 0.0594 e. The Labute approximate surface area is 197 Å². The van der Waals surface area contributed by atoms with Crippen molar-refractivity contribution >= 4 is 0 Å². The summed E-state index contributed by atoms with van der Waals surface area (Å²) in [6, 6.07) is 0. The zero-order valence-corrected chi connectivity index (χ0v) is 22.1. The standard InChI is InChI=1S/C30H50O2/c1-25(2)14-16-30(19-31)17-15-28(6)20(21(30)18-25)8-9-23-27(5)12-11-24(32)26(3,4)22(27)10-13-29(23,28)7/h8,21-24,31-32H,9-19H2,1-7H3/t21-,22-,23-,24+,27+,28-,29-,30-/m1/s1. The van der Waals surface area contributed by atoms with E-state index in [9.17, 15) is 10.2 Å². The van der Waals surface area contributed by atoms with Crippen molar-refractivity contribution in [3.05, 3.63) is 11.6 Å². The number of allylic oxidation sites excluding steroid dienone is 2. The van der Waals surface area contributed by atoms with Gasteiger partial charge in [0.25, 0.3) is 0 Å². The molecule has 8 atom stereocenters. The summed E-state index contributed by atoms with van der Waals surface area (Å²) in [5.41, 5.74) is 3.16. The van der Waals surface area contributed by atoms with Gasteiger partial charge in [-0.05, 0) is 109 Å². The van der Waals surface area contributed by atoms with Crippen LogP contribution in [0.1, 0.15) is 113 Å². The van der Waals surface area contributed by atoms with E-state index in [1.807, 2.05) is 0 Å². The first kappa shape index (κ1) is 23.4. The second-order valence-electron chi connectivity index (χ2n) is 15.1. The second-order valence-corrected chi connectivity index (χ2v) is 15.1. The fourth-order valence-corrected chi connectivity index (χ4v) is 10.6. The van der Waals surface area contributed by atoms with E-state index in [2.05, 4.69) is 54.5 Å². The van der Waals surface area contributed by atoms with Gasteiger partial charge in [-0.15, -0.1) is 0 Å². The normalized spacial score (nSPS) is 53.8.